The van der Waals surface area contributed by atoms with Gasteiger partial charge < -0.3 is 14.2 Å². The zero-order valence-corrected chi connectivity index (χ0v) is 15.0. The first kappa shape index (κ1) is 21.5. The van der Waals surface area contributed by atoms with E-state index in [9.17, 15) is 26.7 Å². The monoisotopic (exact) mass is 397 g/mol. The van der Waals surface area contributed by atoms with E-state index in [0.717, 1.165) is 7.11 Å². The summed E-state index contributed by atoms with van der Waals surface area (Å²) in [4.78, 5) is 15.3. The molecule has 2 heterocycles. The van der Waals surface area contributed by atoms with Gasteiger partial charge in [0.1, 0.15) is 5.69 Å². The molecule has 1 saturated heterocycles. The highest BCUT2D eigenvalue weighted by atomic mass is 19.4. The third-order valence-electron chi connectivity index (χ3n) is 3.91. The van der Waals surface area contributed by atoms with Crippen molar-refractivity contribution in [2.45, 2.75) is 45.6 Å². The molecule has 5 nitrogen and oxygen atoms in total. The lowest BCUT2D eigenvalue weighted by atomic mass is 9.90. The van der Waals surface area contributed by atoms with Crippen LogP contribution in [0.4, 0.5) is 22.0 Å². The van der Waals surface area contributed by atoms with Crippen molar-refractivity contribution >= 4 is 5.97 Å². The Labute approximate surface area is 152 Å². The second-order valence-corrected chi connectivity index (χ2v) is 6.43. The van der Waals surface area contributed by atoms with E-state index >= 15 is 0 Å². The molecule has 1 fully saturated rings. The van der Waals surface area contributed by atoms with Gasteiger partial charge in [0.2, 0.25) is 0 Å². The number of nitrogens with zero attached hydrogens (tertiary/aromatic N) is 1. The maximum absolute atomic E-state index is 13.6. The summed E-state index contributed by atoms with van der Waals surface area (Å²) >= 11 is 0. The number of pyridine rings is 1. The van der Waals surface area contributed by atoms with E-state index in [1.807, 2.05) is 0 Å². The van der Waals surface area contributed by atoms with E-state index in [0.29, 0.717) is 6.42 Å². The number of ether oxygens (including phenoxy) is 3. The Kier molecular flexibility index (Phi) is 6.74. The first-order valence-corrected chi connectivity index (χ1v) is 8.31. The van der Waals surface area contributed by atoms with Crippen LogP contribution < -0.4 is 0 Å². The van der Waals surface area contributed by atoms with Crippen molar-refractivity contribution in [3.8, 4) is 0 Å². The van der Waals surface area contributed by atoms with Gasteiger partial charge in [0.25, 0.3) is 6.43 Å². The molecule has 0 aliphatic carbocycles. The van der Waals surface area contributed by atoms with Crippen LogP contribution in [-0.4, -0.2) is 31.3 Å². The van der Waals surface area contributed by atoms with Gasteiger partial charge in [-0.15, -0.1) is 0 Å². The molecule has 1 aliphatic heterocycles. The predicted octanol–water partition coefficient (Wildman–Crippen LogP) is 4.46. The second kappa shape index (κ2) is 8.47. The largest absolute Gasteiger partial charge is 0.465 e. The number of hydrogen-bond donors (Lipinski definition) is 0. The third kappa shape index (κ3) is 4.73. The van der Waals surface area contributed by atoms with Gasteiger partial charge in [-0.2, -0.15) is 13.2 Å². The molecule has 10 heteroatoms. The SMILES string of the molecule is COC(=O)c1c(C(F)F)nc(C(F)(F)F)c(C2OCCCO2)c1CC(C)C. The maximum atomic E-state index is 13.6. The molecule has 152 valence electrons. The van der Waals surface area contributed by atoms with Crippen molar-refractivity contribution in [3.05, 3.63) is 28.1 Å². The van der Waals surface area contributed by atoms with E-state index < -0.39 is 47.4 Å². The van der Waals surface area contributed by atoms with Crippen molar-refractivity contribution < 1.29 is 41.0 Å². The fourth-order valence-corrected chi connectivity index (χ4v) is 2.90. The van der Waals surface area contributed by atoms with Crippen LogP contribution in [0.25, 0.3) is 0 Å². The standard InChI is InChI=1S/C17H20F5NO4/c1-8(2)7-9-10(15(24)25-3)12(14(18)19)23-13(17(20,21)22)11(9)16-26-5-4-6-27-16/h8,14,16H,4-7H2,1-3H3. The Morgan fingerprint density at radius 3 is 2.30 bits per heavy atom. The van der Waals surface area contributed by atoms with E-state index in [4.69, 9.17) is 9.47 Å². The molecule has 0 N–H and O–H groups in total. The first-order valence-electron chi connectivity index (χ1n) is 8.31. The number of halogens is 5. The third-order valence-corrected chi connectivity index (χ3v) is 3.91. The minimum absolute atomic E-state index is 0.0890. The molecule has 0 amide bonds. The molecule has 0 bridgehead atoms. The van der Waals surface area contributed by atoms with Crippen LogP contribution in [-0.2, 0) is 26.8 Å². The average molecular weight is 397 g/mol. The summed E-state index contributed by atoms with van der Waals surface area (Å²) < 4.78 is 83.0. The zero-order valence-electron chi connectivity index (χ0n) is 15.0. The molecular formula is C17H20F5NO4. The van der Waals surface area contributed by atoms with Crippen LogP contribution in [0.5, 0.6) is 0 Å². The number of aromatic nitrogens is 1. The van der Waals surface area contributed by atoms with Crippen molar-refractivity contribution in [1.82, 2.24) is 4.98 Å². The van der Waals surface area contributed by atoms with Gasteiger partial charge in [0.05, 0.1) is 25.9 Å². The Morgan fingerprint density at radius 2 is 1.85 bits per heavy atom. The molecule has 0 saturated carbocycles. The van der Waals surface area contributed by atoms with Crippen LogP contribution >= 0.6 is 0 Å². The summed E-state index contributed by atoms with van der Waals surface area (Å²) in [7, 11) is 0.960. The van der Waals surface area contributed by atoms with Crippen LogP contribution in [0.1, 0.15) is 65.9 Å². The molecule has 0 unspecified atom stereocenters. The lowest BCUT2D eigenvalue weighted by Crippen LogP contribution is -2.28. The zero-order chi connectivity index (χ0) is 20.4. The highest BCUT2D eigenvalue weighted by molar-refractivity contribution is 5.93. The molecular weight excluding hydrogens is 377 g/mol. The topological polar surface area (TPSA) is 57.7 Å². The van der Waals surface area contributed by atoms with E-state index in [1.54, 1.807) is 13.8 Å². The van der Waals surface area contributed by atoms with Gasteiger partial charge >= 0.3 is 12.1 Å². The van der Waals surface area contributed by atoms with Crippen LogP contribution in [0.15, 0.2) is 0 Å². The normalized spacial score (nSPS) is 16.2. The summed E-state index contributed by atoms with van der Waals surface area (Å²) in [5.74, 6) is -1.43. The lowest BCUT2D eigenvalue weighted by Gasteiger charge is -2.29. The van der Waals surface area contributed by atoms with Gasteiger partial charge in [-0.1, -0.05) is 13.8 Å². The molecule has 0 spiro atoms. The number of esters is 1. The van der Waals surface area contributed by atoms with Crippen molar-refractivity contribution in [2.75, 3.05) is 20.3 Å². The van der Waals surface area contributed by atoms with Gasteiger partial charge in [-0.25, -0.2) is 18.6 Å². The van der Waals surface area contributed by atoms with Crippen molar-refractivity contribution in [2.24, 2.45) is 5.92 Å². The molecule has 1 aliphatic rings. The number of carbonyl (C=O) groups is 1. The Hall–Kier alpha value is -1.81. The minimum Gasteiger partial charge on any atom is -0.465 e. The van der Waals surface area contributed by atoms with Crippen LogP contribution in [0.3, 0.4) is 0 Å². The van der Waals surface area contributed by atoms with Crippen LogP contribution in [0, 0.1) is 5.92 Å². The summed E-state index contributed by atoms with van der Waals surface area (Å²) in [6.07, 6.45) is -9.50. The second-order valence-electron chi connectivity index (χ2n) is 6.43. The van der Waals surface area contributed by atoms with Crippen molar-refractivity contribution in [3.63, 3.8) is 0 Å². The van der Waals surface area contributed by atoms with Gasteiger partial charge in [0, 0.05) is 5.56 Å². The Bertz CT molecular complexity index is 685. The van der Waals surface area contributed by atoms with E-state index in [1.165, 1.54) is 0 Å². The van der Waals surface area contributed by atoms with Gasteiger partial charge in [0.15, 0.2) is 12.0 Å². The smallest absolute Gasteiger partial charge is 0.433 e. The highest BCUT2D eigenvalue weighted by Gasteiger charge is 2.43. The predicted molar refractivity (Wildman–Crippen MR) is 83.3 cm³/mol. The van der Waals surface area contributed by atoms with E-state index in [2.05, 4.69) is 9.72 Å². The first-order chi connectivity index (χ1) is 12.6. The number of hydrogen-bond acceptors (Lipinski definition) is 5. The molecule has 1 aromatic heterocycles. The van der Waals surface area contributed by atoms with Gasteiger partial charge in [-0.05, 0) is 24.3 Å². The summed E-state index contributed by atoms with van der Waals surface area (Å²) in [5, 5.41) is 0. The highest BCUT2D eigenvalue weighted by Crippen LogP contribution is 2.42. The van der Waals surface area contributed by atoms with Crippen LogP contribution in [0.2, 0.25) is 0 Å². The summed E-state index contributed by atoms with van der Waals surface area (Å²) in [6.45, 7) is 3.63. The fraction of sp³-hybridized carbons (Fsp3) is 0.647. The van der Waals surface area contributed by atoms with E-state index in [-0.39, 0.29) is 31.1 Å². The minimum atomic E-state index is -5.04. The summed E-state index contributed by atoms with van der Waals surface area (Å²) in [5.41, 5.74) is -4.23. The molecule has 27 heavy (non-hydrogen) atoms. The molecule has 1 aromatic rings. The quantitative estimate of drug-likeness (QED) is 0.543. The maximum Gasteiger partial charge on any atom is 0.433 e. The molecule has 0 atom stereocenters. The number of rotatable bonds is 5. The summed E-state index contributed by atoms with van der Waals surface area (Å²) in [6, 6.07) is 0. The lowest BCUT2D eigenvalue weighted by molar-refractivity contribution is -0.191. The Balaban J connectivity index is 2.88. The average Bonchev–Trinajstić information content (AvgIpc) is 2.59. The van der Waals surface area contributed by atoms with Crippen molar-refractivity contribution in [1.29, 1.82) is 0 Å². The number of carbonyl (C=O) groups excluding carboxylic acids is 1. The molecule has 2 rings (SSSR count). The number of alkyl halides is 5. The molecule has 0 aromatic carbocycles. The van der Waals surface area contributed by atoms with Gasteiger partial charge in [-0.3, -0.25) is 0 Å². The fourth-order valence-electron chi connectivity index (χ4n) is 2.90. The number of methoxy groups -OCH3 is 1. The molecule has 0 radical (unpaired) electrons. The Morgan fingerprint density at radius 1 is 1.26 bits per heavy atom.